The van der Waals surface area contributed by atoms with Crippen molar-refractivity contribution in [1.29, 1.82) is 0 Å². The fourth-order valence-corrected chi connectivity index (χ4v) is 4.98. The molecule has 2 heterocycles. The third-order valence-corrected chi connectivity index (χ3v) is 5.83. The van der Waals surface area contributed by atoms with Crippen molar-refractivity contribution >= 4 is 29.4 Å². The number of nitrogens with one attached hydrogen (secondary N) is 1. The first-order chi connectivity index (χ1) is 7.81. The van der Waals surface area contributed by atoms with E-state index in [1.54, 1.807) is 7.05 Å². The summed E-state index contributed by atoms with van der Waals surface area (Å²) >= 11 is 4.13. The van der Waals surface area contributed by atoms with Gasteiger partial charge in [-0.25, -0.2) is 0 Å². The maximum Gasteiger partial charge on any atom is 0.224 e. The third kappa shape index (κ3) is 3.08. The van der Waals surface area contributed by atoms with E-state index in [9.17, 15) is 4.79 Å². The van der Waals surface area contributed by atoms with E-state index >= 15 is 0 Å². The minimum absolute atomic E-state index is 0.219. The van der Waals surface area contributed by atoms with Crippen LogP contribution >= 0.6 is 23.5 Å². The molecule has 92 valence electrons. The van der Waals surface area contributed by atoms with Crippen LogP contribution in [0, 0.1) is 5.92 Å². The summed E-state index contributed by atoms with van der Waals surface area (Å²) in [6, 6.07) is 0.687. The fourth-order valence-electron chi connectivity index (χ4n) is 2.35. The van der Waals surface area contributed by atoms with Gasteiger partial charge in [0.05, 0.1) is 5.92 Å². The maximum absolute atomic E-state index is 11.6. The van der Waals surface area contributed by atoms with E-state index in [4.69, 9.17) is 0 Å². The fraction of sp³-hybridized carbons (Fsp3) is 0.909. The van der Waals surface area contributed by atoms with Crippen LogP contribution in [-0.2, 0) is 4.79 Å². The van der Waals surface area contributed by atoms with Gasteiger partial charge >= 0.3 is 0 Å². The van der Waals surface area contributed by atoms with Crippen LogP contribution in [0.25, 0.3) is 0 Å². The molecule has 1 amide bonds. The van der Waals surface area contributed by atoms with Gasteiger partial charge in [-0.3, -0.25) is 9.69 Å². The number of thioether (sulfide) groups is 2. The Balaban J connectivity index is 1.84. The molecule has 1 N–H and O–H groups in total. The number of hydrogen-bond donors (Lipinski definition) is 1. The molecular formula is C11H20N2OS2. The van der Waals surface area contributed by atoms with E-state index in [-0.39, 0.29) is 11.8 Å². The largest absolute Gasteiger partial charge is 0.359 e. The molecule has 0 aliphatic carbocycles. The quantitative estimate of drug-likeness (QED) is 0.800. The van der Waals surface area contributed by atoms with E-state index in [2.05, 4.69) is 33.7 Å². The average molecular weight is 260 g/mol. The molecule has 0 aromatic rings. The molecule has 0 aromatic heterocycles. The van der Waals surface area contributed by atoms with Crippen molar-refractivity contribution in [1.82, 2.24) is 10.2 Å². The van der Waals surface area contributed by atoms with E-state index in [0.717, 1.165) is 19.5 Å². The highest BCUT2D eigenvalue weighted by Gasteiger charge is 2.32. The highest BCUT2D eigenvalue weighted by Crippen LogP contribution is 2.25. The number of nitrogens with zero attached hydrogens (tertiary/aromatic N) is 1. The number of amides is 1. The summed E-state index contributed by atoms with van der Waals surface area (Å²) in [6.45, 7) is 2.06. The second kappa shape index (κ2) is 6.17. The zero-order valence-electron chi connectivity index (χ0n) is 9.78. The summed E-state index contributed by atoms with van der Waals surface area (Å²) in [4.78, 5) is 14.1. The molecule has 5 heteroatoms. The first-order valence-corrected chi connectivity index (χ1v) is 8.23. The molecule has 0 spiro atoms. The van der Waals surface area contributed by atoms with E-state index in [1.165, 1.54) is 23.0 Å². The van der Waals surface area contributed by atoms with Gasteiger partial charge in [-0.2, -0.15) is 23.5 Å². The van der Waals surface area contributed by atoms with Crippen LogP contribution in [-0.4, -0.2) is 60.0 Å². The normalized spacial score (nSPS) is 28.9. The zero-order valence-corrected chi connectivity index (χ0v) is 11.4. The summed E-state index contributed by atoms with van der Waals surface area (Å²) in [7, 11) is 1.74. The molecule has 3 nitrogen and oxygen atoms in total. The molecule has 1 atom stereocenters. The lowest BCUT2D eigenvalue weighted by atomic mass is 10.1. The van der Waals surface area contributed by atoms with Crippen LogP contribution in [0.15, 0.2) is 0 Å². The molecule has 2 aliphatic heterocycles. The van der Waals surface area contributed by atoms with Gasteiger partial charge in [-0.1, -0.05) is 0 Å². The Morgan fingerprint density at radius 2 is 2.00 bits per heavy atom. The summed E-state index contributed by atoms with van der Waals surface area (Å²) in [5.74, 6) is 5.50. The molecule has 0 saturated carbocycles. The second-order valence-corrected chi connectivity index (χ2v) is 6.70. The Morgan fingerprint density at radius 1 is 1.31 bits per heavy atom. The zero-order chi connectivity index (χ0) is 11.4. The second-order valence-electron chi connectivity index (χ2n) is 4.40. The predicted molar refractivity (Wildman–Crippen MR) is 72.2 cm³/mol. The lowest BCUT2D eigenvalue weighted by Gasteiger charge is -2.25. The predicted octanol–water partition coefficient (Wildman–Crippen LogP) is 0.903. The van der Waals surface area contributed by atoms with Crippen LogP contribution in [0.4, 0.5) is 0 Å². The van der Waals surface area contributed by atoms with Crippen LogP contribution < -0.4 is 5.32 Å². The Bertz CT molecular complexity index is 242. The number of hydrogen-bond acceptors (Lipinski definition) is 4. The highest BCUT2D eigenvalue weighted by atomic mass is 32.2. The summed E-state index contributed by atoms with van der Waals surface area (Å²) < 4.78 is 0. The standard InChI is InChI=1S/C11H20N2OS2/c1-12-11(14)9-2-3-13(6-9)10-7-15-4-5-16-8-10/h9-10H,2-8H2,1H3,(H,12,14). The van der Waals surface area contributed by atoms with Gasteiger partial charge in [0, 0.05) is 42.6 Å². The molecule has 2 rings (SSSR count). The van der Waals surface area contributed by atoms with Crippen LogP contribution in [0.1, 0.15) is 6.42 Å². The molecule has 2 saturated heterocycles. The van der Waals surface area contributed by atoms with Crippen molar-refractivity contribution in [2.75, 3.05) is 43.1 Å². The summed E-state index contributed by atoms with van der Waals surface area (Å²) in [5.41, 5.74) is 0. The Kier molecular flexibility index (Phi) is 4.85. The van der Waals surface area contributed by atoms with Crippen molar-refractivity contribution in [2.24, 2.45) is 5.92 Å². The molecule has 0 aromatic carbocycles. The van der Waals surface area contributed by atoms with Gasteiger partial charge in [-0.05, 0) is 13.0 Å². The van der Waals surface area contributed by atoms with Crippen molar-refractivity contribution in [3.63, 3.8) is 0 Å². The average Bonchev–Trinajstić information content (AvgIpc) is 2.64. The number of carbonyl (C=O) groups excluding carboxylic acids is 1. The van der Waals surface area contributed by atoms with Gasteiger partial charge in [0.2, 0.25) is 5.91 Å². The molecule has 2 aliphatic rings. The van der Waals surface area contributed by atoms with E-state index in [0.29, 0.717) is 6.04 Å². The van der Waals surface area contributed by atoms with Gasteiger partial charge in [0.15, 0.2) is 0 Å². The lowest BCUT2D eigenvalue weighted by molar-refractivity contribution is -0.124. The molecule has 0 radical (unpaired) electrons. The first kappa shape index (κ1) is 12.6. The van der Waals surface area contributed by atoms with Crippen LogP contribution in [0.3, 0.4) is 0 Å². The minimum atomic E-state index is 0.219. The van der Waals surface area contributed by atoms with Crippen molar-refractivity contribution in [3.8, 4) is 0 Å². The smallest absolute Gasteiger partial charge is 0.224 e. The molecule has 16 heavy (non-hydrogen) atoms. The minimum Gasteiger partial charge on any atom is -0.359 e. The number of rotatable bonds is 2. The number of carbonyl (C=O) groups is 1. The van der Waals surface area contributed by atoms with Crippen LogP contribution in [0.2, 0.25) is 0 Å². The maximum atomic E-state index is 11.6. The van der Waals surface area contributed by atoms with Crippen molar-refractivity contribution in [2.45, 2.75) is 12.5 Å². The van der Waals surface area contributed by atoms with E-state index in [1.807, 2.05) is 0 Å². The Morgan fingerprint density at radius 3 is 2.62 bits per heavy atom. The van der Waals surface area contributed by atoms with Gasteiger partial charge in [0.1, 0.15) is 0 Å². The molecule has 1 unspecified atom stereocenters. The highest BCUT2D eigenvalue weighted by molar-refractivity contribution is 8.03. The molecule has 0 bridgehead atoms. The Hall–Kier alpha value is 0.130. The topological polar surface area (TPSA) is 32.3 Å². The van der Waals surface area contributed by atoms with Crippen molar-refractivity contribution < 1.29 is 4.79 Å². The Labute approximate surface area is 106 Å². The molecular weight excluding hydrogens is 240 g/mol. The summed E-state index contributed by atoms with van der Waals surface area (Å²) in [5, 5.41) is 2.77. The summed E-state index contributed by atoms with van der Waals surface area (Å²) in [6.07, 6.45) is 1.03. The van der Waals surface area contributed by atoms with Gasteiger partial charge in [0.25, 0.3) is 0 Å². The SMILES string of the molecule is CNC(=O)C1CCN(C2CSCCSC2)C1. The molecule has 2 fully saturated rings. The lowest BCUT2D eigenvalue weighted by Crippen LogP contribution is -2.38. The van der Waals surface area contributed by atoms with Crippen molar-refractivity contribution in [3.05, 3.63) is 0 Å². The van der Waals surface area contributed by atoms with Gasteiger partial charge < -0.3 is 5.32 Å². The van der Waals surface area contributed by atoms with E-state index < -0.39 is 0 Å². The number of likely N-dealkylation sites (tertiary alicyclic amines) is 1. The van der Waals surface area contributed by atoms with Gasteiger partial charge in [-0.15, -0.1) is 0 Å². The first-order valence-electron chi connectivity index (χ1n) is 5.92. The monoisotopic (exact) mass is 260 g/mol. The third-order valence-electron chi connectivity index (χ3n) is 3.35. The van der Waals surface area contributed by atoms with Crippen LogP contribution in [0.5, 0.6) is 0 Å².